The number of primary sulfonamides is 1. The predicted molar refractivity (Wildman–Crippen MR) is 131 cm³/mol. The normalized spacial score (nSPS) is 14.4. The fourth-order valence-corrected chi connectivity index (χ4v) is 5.04. The van der Waals surface area contributed by atoms with Crippen molar-refractivity contribution in [3.63, 3.8) is 0 Å². The van der Waals surface area contributed by atoms with Gasteiger partial charge in [0.2, 0.25) is 10.0 Å². The van der Waals surface area contributed by atoms with Gasteiger partial charge < -0.3 is 18.9 Å². The van der Waals surface area contributed by atoms with Gasteiger partial charge in [-0.25, -0.2) is 13.6 Å². The summed E-state index contributed by atoms with van der Waals surface area (Å²) in [6, 6.07) is 15.0. The Balaban J connectivity index is 1.99. The van der Waals surface area contributed by atoms with Crippen molar-refractivity contribution in [1.82, 2.24) is 0 Å². The van der Waals surface area contributed by atoms with Crippen molar-refractivity contribution in [2.45, 2.75) is 18.3 Å². The summed E-state index contributed by atoms with van der Waals surface area (Å²) in [5, 5.41) is 5.41. The Morgan fingerprint density at radius 3 is 2.35 bits per heavy atom. The van der Waals surface area contributed by atoms with E-state index in [-0.39, 0.29) is 5.75 Å². The predicted octanol–water partition coefficient (Wildman–Crippen LogP) is 4.38. The molecule has 0 amide bonds. The summed E-state index contributed by atoms with van der Waals surface area (Å²) in [7, 11) is 1.00. The average molecular weight is 482 g/mol. The largest absolute Gasteiger partial charge is 0.496 e. The first-order valence-corrected chi connectivity index (χ1v) is 12.3. The second kappa shape index (κ2) is 9.40. The highest BCUT2D eigenvalue weighted by atomic mass is 32.2. The van der Waals surface area contributed by atoms with Crippen LogP contribution in [0.4, 0.5) is 0 Å². The minimum Gasteiger partial charge on any atom is -0.496 e. The van der Waals surface area contributed by atoms with Crippen molar-refractivity contribution in [2.75, 3.05) is 21.3 Å². The second-order valence-corrected chi connectivity index (χ2v) is 9.57. The van der Waals surface area contributed by atoms with Crippen LogP contribution in [-0.2, 0) is 22.2 Å². The van der Waals surface area contributed by atoms with Gasteiger partial charge in [-0.3, -0.25) is 0 Å². The van der Waals surface area contributed by atoms with Crippen LogP contribution in [0.15, 0.2) is 61.2 Å². The summed E-state index contributed by atoms with van der Waals surface area (Å²) < 4.78 is 47.0. The standard InChI is InChI=1S/C26H27NO6S/c1-5-7-16-12-19-20(13-18(16)15-34(27,28)29)26(17-10-11-21(30-2)24(14-17)32-4)33-23-9-6-8-22(31-3)25(19)23/h5-6,8-14,26H,1,7,15H2,2-4H3,(H2,27,28,29). The maximum absolute atomic E-state index is 12.0. The molecule has 0 radical (unpaired) electrons. The van der Waals surface area contributed by atoms with Gasteiger partial charge in [0, 0.05) is 11.1 Å². The molecule has 0 bridgehead atoms. The zero-order valence-corrected chi connectivity index (χ0v) is 20.1. The highest BCUT2D eigenvalue weighted by Gasteiger charge is 2.31. The lowest BCUT2D eigenvalue weighted by Gasteiger charge is -2.31. The molecule has 1 unspecified atom stereocenters. The van der Waals surface area contributed by atoms with Crippen LogP contribution in [0.25, 0.3) is 11.1 Å². The number of sulfonamides is 1. The van der Waals surface area contributed by atoms with Crippen LogP contribution in [-0.4, -0.2) is 29.7 Å². The van der Waals surface area contributed by atoms with E-state index >= 15 is 0 Å². The van der Waals surface area contributed by atoms with Crippen molar-refractivity contribution in [1.29, 1.82) is 0 Å². The number of hydrogen-bond acceptors (Lipinski definition) is 6. The lowest BCUT2D eigenvalue weighted by molar-refractivity contribution is 0.241. The van der Waals surface area contributed by atoms with E-state index in [0.717, 1.165) is 27.8 Å². The van der Waals surface area contributed by atoms with E-state index in [4.69, 9.17) is 24.1 Å². The van der Waals surface area contributed by atoms with Gasteiger partial charge >= 0.3 is 0 Å². The van der Waals surface area contributed by atoms with Gasteiger partial charge in [-0.2, -0.15) is 0 Å². The molecule has 0 fully saturated rings. The van der Waals surface area contributed by atoms with Gasteiger partial charge in [0.05, 0.1) is 32.6 Å². The minimum atomic E-state index is -3.76. The molecular formula is C26H27NO6S. The molecule has 178 valence electrons. The molecule has 3 aromatic carbocycles. The fraction of sp³-hybridized carbons (Fsp3) is 0.231. The van der Waals surface area contributed by atoms with Gasteiger partial charge in [-0.05, 0) is 59.5 Å². The van der Waals surface area contributed by atoms with Crippen LogP contribution in [0.3, 0.4) is 0 Å². The van der Waals surface area contributed by atoms with Gasteiger partial charge in [-0.15, -0.1) is 6.58 Å². The molecule has 1 heterocycles. The first-order valence-electron chi connectivity index (χ1n) is 10.6. The molecule has 0 spiro atoms. The van der Waals surface area contributed by atoms with Crippen LogP contribution < -0.4 is 24.1 Å². The molecule has 3 aromatic rings. The molecule has 0 aromatic heterocycles. The van der Waals surface area contributed by atoms with Crippen LogP contribution in [0, 0.1) is 0 Å². The Kier molecular flexibility index (Phi) is 6.54. The Morgan fingerprint density at radius 1 is 0.971 bits per heavy atom. The molecule has 1 atom stereocenters. The first kappa shape index (κ1) is 23.7. The summed E-state index contributed by atoms with van der Waals surface area (Å²) in [6.45, 7) is 3.83. The zero-order valence-electron chi connectivity index (χ0n) is 19.3. The average Bonchev–Trinajstić information content (AvgIpc) is 2.82. The maximum Gasteiger partial charge on any atom is 0.213 e. The molecule has 0 saturated carbocycles. The van der Waals surface area contributed by atoms with Crippen LogP contribution in [0.1, 0.15) is 28.4 Å². The summed E-state index contributed by atoms with van der Waals surface area (Å²) >= 11 is 0. The number of fused-ring (bicyclic) bond motifs is 3. The van der Waals surface area contributed by atoms with E-state index in [9.17, 15) is 8.42 Å². The zero-order chi connectivity index (χ0) is 24.5. The Bertz CT molecular complexity index is 1350. The minimum absolute atomic E-state index is 0.291. The lowest BCUT2D eigenvalue weighted by Crippen LogP contribution is -2.19. The summed E-state index contributed by atoms with van der Waals surface area (Å²) in [4.78, 5) is 0. The smallest absolute Gasteiger partial charge is 0.213 e. The molecule has 2 N–H and O–H groups in total. The van der Waals surface area contributed by atoms with Crippen molar-refractivity contribution < 1.29 is 27.4 Å². The highest BCUT2D eigenvalue weighted by molar-refractivity contribution is 7.88. The molecular weight excluding hydrogens is 454 g/mol. The summed E-state index contributed by atoms with van der Waals surface area (Å²) in [5.74, 6) is 2.19. The van der Waals surface area contributed by atoms with Gasteiger partial charge in [0.15, 0.2) is 11.5 Å². The van der Waals surface area contributed by atoms with Crippen molar-refractivity contribution in [3.8, 4) is 34.1 Å². The third kappa shape index (κ3) is 4.47. The van der Waals surface area contributed by atoms with E-state index in [1.54, 1.807) is 27.4 Å². The van der Waals surface area contributed by atoms with E-state index < -0.39 is 16.1 Å². The molecule has 8 heteroatoms. The number of rotatable bonds is 8. The fourth-order valence-electron chi connectivity index (χ4n) is 4.34. The molecule has 0 aliphatic carbocycles. The third-order valence-electron chi connectivity index (χ3n) is 5.81. The molecule has 4 rings (SSSR count). The van der Waals surface area contributed by atoms with E-state index in [1.807, 2.05) is 48.5 Å². The van der Waals surface area contributed by atoms with Crippen molar-refractivity contribution in [3.05, 3.63) is 83.4 Å². The van der Waals surface area contributed by atoms with Gasteiger partial charge in [-0.1, -0.05) is 18.2 Å². The Hall–Kier alpha value is -3.49. The lowest BCUT2D eigenvalue weighted by atomic mass is 9.85. The molecule has 7 nitrogen and oxygen atoms in total. The number of hydrogen-bond donors (Lipinski definition) is 1. The summed E-state index contributed by atoms with van der Waals surface area (Å²) in [6.07, 6.45) is 1.71. The van der Waals surface area contributed by atoms with E-state index in [2.05, 4.69) is 6.58 Å². The number of nitrogens with two attached hydrogens (primary N) is 1. The van der Waals surface area contributed by atoms with E-state index in [1.165, 1.54) is 0 Å². The number of benzene rings is 3. The molecule has 0 saturated heterocycles. The van der Waals surface area contributed by atoms with Crippen LogP contribution in [0.5, 0.6) is 23.0 Å². The topological polar surface area (TPSA) is 97.1 Å². The quantitative estimate of drug-likeness (QED) is 0.480. The number of ether oxygens (including phenoxy) is 4. The Labute approximate surface area is 199 Å². The molecule has 1 aliphatic rings. The molecule has 34 heavy (non-hydrogen) atoms. The van der Waals surface area contributed by atoms with E-state index in [0.29, 0.717) is 35.0 Å². The van der Waals surface area contributed by atoms with Crippen LogP contribution in [0.2, 0.25) is 0 Å². The summed E-state index contributed by atoms with van der Waals surface area (Å²) in [5.41, 5.74) is 4.76. The monoisotopic (exact) mass is 481 g/mol. The van der Waals surface area contributed by atoms with Gasteiger partial charge in [0.25, 0.3) is 0 Å². The third-order valence-corrected chi connectivity index (χ3v) is 6.52. The Morgan fingerprint density at radius 2 is 1.71 bits per heavy atom. The number of allylic oxidation sites excluding steroid dienone is 1. The first-order chi connectivity index (χ1) is 16.3. The van der Waals surface area contributed by atoms with Crippen molar-refractivity contribution in [2.24, 2.45) is 5.14 Å². The second-order valence-electron chi connectivity index (χ2n) is 7.95. The maximum atomic E-state index is 12.0. The van der Waals surface area contributed by atoms with Crippen molar-refractivity contribution >= 4 is 10.0 Å². The molecule has 1 aliphatic heterocycles. The number of methoxy groups -OCH3 is 3. The van der Waals surface area contributed by atoms with Gasteiger partial charge in [0.1, 0.15) is 17.6 Å². The SMILES string of the molecule is C=CCc1cc2c(cc1CS(N)(=O)=O)C(c1ccc(OC)c(OC)c1)Oc1cccc(OC)c1-2. The van der Waals surface area contributed by atoms with Crippen LogP contribution >= 0.6 is 0 Å². The highest BCUT2D eigenvalue weighted by Crippen LogP contribution is 2.50.